The molecule has 8 heteroatoms. The summed E-state index contributed by atoms with van der Waals surface area (Å²) in [7, 11) is 0. The zero-order chi connectivity index (χ0) is 29.6. The van der Waals surface area contributed by atoms with Gasteiger partial charge in [-0.15, -0.1) is 0 Å². The van der Waals surface area contributed by atoms with Crippen molar-refractivity contribution in [1.29, 1.82) is 0 Å². The van der Waals surface area contributed by atoms with E-state index in [1.165, 1.54) is 0 Å². The Balaban J connectivity index is 1.23. The average molecular weight is 564 g/mol. The van der Waals surface area contributed by atoms with Crippen LogP contribution in [0.3, 0.4) is 0 Å². The lowest BCUT2D eigenvalue weighted by molar-refractivity contribution is 0.0526. The number of nitrogens with zero attached hydrogens (tertiary/aromatic N) is 3. The quantitative estimate of drug-likeness (QED) is 0.162. The Kier molecular flexibility index (Phi) is 8.62. The highest BCUT2D eigenvalue weighted by atomic mass is 16.5. The molecule has 0 spiro atoms. The summed E-state index contributed by atoms with van der Waals surface area (Å²) in [5.41, 5.74) is 5.41. The summed E-state index contributed by atoms with van der Waals surface area (Å²) in [5.74, 6) is 0.707. The van der Waals surface area contributed by atoms with Crippen molar-refractivity contribution < 1.29 is 23.9 Å². The van der Waals surface area contributed by atoms with Gasteiger partial charge in [-0.1, -0.05) is 35.9 Å². The first-order valence-corrected chi connectivity index (χ1v) is 14.0. The standard InChI is InChI=1S/C34H33N3O5/c1-4-41-33(39)27-11-13-28(14-12-27)36-18-5-19-37(34(36)40)29-15-16-31(24(3)20-29)42-32-17-8-25(22-35-32)21-30(38)26-9-6-23(2)7-10-26/h6-17,20,22H,4-5,18-19,21H2,1-3H3. The van der Waals surface area contributed by atoms with E-state index in [1.807, 2.05) is 62.4 Å². The van der Waals surface area contributed by atoms with Crippen LogP contribution in [0.2, 0.25) is 0 Å². The lowest BCUT2D eigenvalue weighted by Gasteiger charge is -2.36. The molecule has 5 rings (SSSR count). The summed E-state index contributed by atoms with van der Waals surface area (Å²) in [6.45, 7) is 7.18. The Hall–Kier alpha value is -4.98. The Morgan fingerprint density at radius 3 is 2.14 bits per heavy atom. The minimum absolute atomic E-state index is 0.0383. The van der Waals surface area contributed by atoms with Gasteiger partial charge in [0.1, 0.15) is 5.75 Å². The van der Waals surface area contributed by atoms with Crippen LogP contribution < -0.4 is 14.5 Å². The zero-order valence-corrected chi connectivity index (χ0v) is 24.0. The highest BCUT2D eigenvalue weighted by molar-refractivity contribution is 6.04. The number of carbonyl (C=O) groups is 3. The molecule has 2 amide bonds. The lowest BCUT2D eigenvalue weighted by atomic mass is 10.0. The highest BCUT2D eigenvalue weighted by Gasteiger charge is 2.28. The van der Waals surface area contributed by atoms with Gasteiger partial charge in [0.15, 0.2) is 5.78 Å². The number of benzene rings is 3. The Morgan fingerprint density at radius 2 is 1.50 bits per heavy atom. The highest BCUT2D eigenvalue weighted by Crippen LogP contribution is 2.31. The second-order valence-electron chi connectivity index (χ2n) is 10.2. The van der Waals surface area contributed by atoms with Gasteiger partial charge in [0.25, 0.3) is 0 Å². The fourth-order valence-corrected chi connectivity index (χ4v) is 4.83. The normalized spacial score (nSPS) is 13.2. The molecule has 0 N–H and O–H groups in total. The van der Waals surface area contributed by atoms with E-state index in [4.69, 9.17) is 9.47 Å². The summed E-state index contributed by atoms with van der Waals surface area (Å²) in [6, 6.07) is 23.5. The van der Waals surface area contributed by atoms with Crippen LogP contribution in [0.1, 0.15) is 50.8 Å². The first kappa shape index (κ1) is 28.5. The first-order valence-electron chi connectivity index (χ1n) is 14.0. The molecule has 0 radical (unpaired) electrons. The van der Waals surface area contributed by atoms with Crippen molar-refractivity contribution in [2.75, 3.05) is 29.5 Å². The van der Waals surface area contributed by atoms with Gasteiger partial charge < -0.3 is 9.47 Å². The van der Waals surface area contributed by atoms with Crippen LogP contribution in [0.15, 0.2) is 85.1 Å². The van der Waals surface area contributed by atoms with E-state index >= 15 is 0 Å². The Labute approximate surface area is 245 Å². The smallest absolute Gasteiger partial charge is 0.338 e. The summed E-state index contributed by atoms with van der Waals surface area (Å²) >= 11 is 0. The number of carbonyl (C=O) groups excluding carboxylic acids is 3. The van der Waals surface area contributed by atoms with Crippen molar-refractivity contribution in [1.82, 2.24) is 4.98 Å². The van der Waals surface area contributed by atoms with Gasteiger partial charge in [-0.2, -0.15) is 0 Å². The molecule has 1 saturated heterocycles. The summed E-state index contributed by atoms with van der Waals surface area (Å²) in [4.78, 5) is 45.9. The number of aromatic nitrogens is 1. The molecule has 0 aliphatic carbocycles. The minimum atomic E-state index is -0.382. The van der Waals surface area contributed by atoms with Crippen molar-refractivity contribution >= 4 is 29.2 Å². The molecule has 0 atom stereocenters. The minimum Gasteiger partial charge on any atom is -0.462 e. The number of hydrogen-bond acceptors (Lipinski definition) is 6. The van der Waals surface area contributed by atoms with Gasteiger partial charge in [0, 0.05) is 48.7 Å². The van der Waals surface area contributed by atoms with E-state index in [0.717, 1.165) is 34.5 Å². The van der Waals surface area contributed by atoms with Crippen LogP contribution in [-0.4, -0.2) is 42.5 Å². The number of ketones is 1. The van der Waals surface area contributed by atoms with Crippen molar-refractivity contribution in [3.63, 3.8) is 0 Å². The largest absolute Gasteiger partial charge is 0.462 e. The maximum absolute atomic E-state index is 13.4. The molecule has 1 aliphatic heterocycles. The predicted molar refractivity (Wildman–Crippen MR) is 162 cm³/mol. The van der Waals surface area contributed by atoms with Gasteiger partial charge in [0.2, 0.25) is 5.88 Å². The predicted octanol–water partition coefficient (Wildman–Crippen LogP) is 6.93. The third-order valence-electron chi connectivity index (χ3n) is 7.14. The topological polar surface area (TPSA) is 89.0 Å². The number of amides is 2. The van der Waals surface area contributed by atoms with Crippen LogP contribution >= 0.6 is 0 Å². The second kappa shape index (κ2) is 12.7. The molecular formula is C34H33N3O5. The maximum atomic E-state index is 13.4. The van der Waals surface area contributed by atoms with Crippen molar-refractivity contribution in [3.8, 4) is 11.6 Å². The molecule has 1 aliphatic rings. The monoisotopic (exact) mass is 563 g/mol. The zero-order valence-electron chi connectivity index (χ0n) is 24.0. The Morgan fingerprint density at radius 1 is 0.833 bits per heavy atom. The van der Waals surface area contributed by atoms with Gasteiger partial charge in [-0.25, -0.2) is 14.6 Å². The average Bonchev–Trinajstić information content (AvgIpc) is 3.00. The van der Waals surface area contributed by atoms with Crippen molar-refractivity contribution in [2.24, 2.45) is 0 Å². The number of Topliss-reactive ketones (excluding diaryl/α,β-unsaturated/α-hetero) is 1. The lowest BCUT2D eigenvalue weighted by Crippen LogP contribution is -2.49. The number of pyridine rings is 1. The van der Waals surface area contributed by atoms with Crippen LogP contribution in [0.4, 0.5) is 16.2 Å². The SMILES string of the molecule is CCOC(=O)c1ccc(N2CCCN(c3ccc(Oc4ccc(CC(=O)c5ccc(C)cc5)cn4)c(C)c3)C2=O)cc1. The fourth-order valence-electron chi connectivity index (χ4n) is 4.83. The molecule has 0 saturated carbocycles. The van der Waals surface area contributed by atoms with Crippen molar-refractivity contribution in [2.45, 2.75) is 33.6 Å². The summed E-state index contributed by atoms with van der Waals surface area (Å²) in [6.07, 6.45) is 2.72. The molecule has 8 nitrogen and oxygen atoms in total. The van der Waals surface area contributed by atoms with E-state index in [1.54, 1.807) is 53.3 Å². The maximum Gasteiger partial charge on any atom is 0.338 e. The van der Waals surface area contributed by atoms with E-state index in [-0.39, 0.29) is 24.2 Å². The van der Waals surface area contributed by atoms with Crippen LogP contribution in [-0.2, 0) is 11.2 Å². The van der Waals surface area contributed by atoms with Gasteiger partial charge in [-0.05, 0) is 80.8 Å². The van der Waals surface area contributed by atoms with Crippen LogP contribution in [0.25, 0.3) is 0 Å². The van der Waals surface area contributed by atoms with E-state index in [2.05, 4.69) is 4.98 Å². The Bertz CT molecular complexity index is 1580. The van der Waals surface area contributed by atoms with Crippen LogP contribution in [0.5, 0.6) is 11.6 Å². The van der Waals surface area contributed by atoms with E-state index in [0.29, 0.717) is 42.5 Å². The first-order chi connectivity index (χ1) is 20.3. The van der Waals surface area contributed by atoms with Gasteiger partial charge in [0.05, 0.1) is 12.2 Å². The van der Waals surface area contributed by atoms with E-state index in [9.17, 15) is 14.4 Å². The number of anilines is 2. The molecule has 2 heterocycles. The number of rotatable bonds is 9. The number of hydrogen-bond donors (Lipinski definition) is 0. The number of esters is 1. The van der Waals surface area contributed by atoms with Gasteiger partial charge >= 0.3 is 12.0 Å². The molecule has 1 aromatic heterocycles. The number of aryl methyl sites for hydroxylation is 2. The number of ether oxygens (including phenoxy) is 2. The third-order valence-corrected chi connectivity index (χ3v) is 7.14. The van der Waals surface area contributed by atoms with Crippen LogP contribution in [0, 0.1) is 13.8 Å². The number of urea groups is 1. The van der Waals surface area contributed by atoms with Crippen molar-refractivity contribution in [3.05, 3.63) is 113 Å². The second-order valence-corrected chi connectivity index (χ2v) is 10.2. The third kappa shape index (κ3) is 6.49. The summed E-state index contributed by atoms with van der Waals surface area (Å²) in [5, 5.41) is 0. The molecular weight excluding hydrogens is 530 g/mol. The molecule has 42 heavy (non-hydrogen) atoms. The van der Waals surface area contributed by atoms with E-state index < -0.39 is 0 Å². The molecule has 1 fully saturated rings. The molecule has 3 aromatic carbocycles. The molecule has 0 unspecified atom stereocenters. The fraction of sp³-hybridized carbons (Fsp3) is 0.235. The molecule has 214 valence electrons. The molecule has 4 aromatic rings. The van der Waals surface area contributed by atoms with Gasteiger partial charge in [-0.3, -0.25) is 14.6 Å². The summed E-state index contributed by atoms with van der Waals surface area (Å²) < 4.78 is 11.1. The molecule has 0 bridgehead atoms.